The summed E-state index contributed by atoms with van der Waals surface area (Å²) in [5, 5.41) is 0. The second kappa shape index (κ2) is 5.66. The zero-order chi connectivity index (χ0) is 8.69. The van der Waals surface area contributed by atoms with E-state index in [-0.39, 0.29) is 0 Å². The maximum absolute atomic E-state index is 4.02. The molecule has 0 saturated heterocycles. The first-order valence-electron chi connectivity index (χ1n) is 3.70. The Hall–Kier alpha value is -1.11. The first-order valence-corrected chi connectivity index (χ1v) is 3.70. The molecule has 0 rings (SSSR count). The van der Waals surface area contributed by atoms with E-state index in [1.54, 1.807) is 13.1 Å². The molecule has 0 aliphatic heterocycles. The van der Waals surface area contributed by atoms with Gasteiger partial charge in [0, 0.05) is 7.05 Å². The molecule has 0 radical (unpaired) electrons. The molecule has 1 heteroatoms. The number of hydrogen-bond acceptors (Lipinski definition) is 1. The van der Waals surface area contributed by atoms with E-state index in [0.29, 0.717) is 0 Å². The van der Waals surface area contributed by atoms with Gasteiger partial charge in [0.05, 0.1) is 5.71 Å². The Morgan fingerprint density at radius 2 is 2.00 bits per heavy atom. The van der Waals surface area contributed by atoms with E-state index in [9.17, 15) is 0 Å². The van der Waals surface area contributed by atoms with Crippen molar-refractivity contribution in [1.82, 2.24) is 0 Å². The third-order valence-electron chi connectivity index (χ3n) is 1.47. The van der Waals surface area contributed by atoms with Gasteiger partial charge in [-0.15, -0.1) is 0 Å². The zero-order valence-electron chi connectivity index (χ0n) is 7.30. The predicted octanol–water partition coefficient (Wildman–Crippen LogP) is 2.77. The Balaban J connectivity index is 4.47. The first-order chi connectivity index (χ1) is 5.28. The molecule has 11 heavy (non-hydrogen) atoms. The lowest BCUT2D eigenvalue weighted by molar-refractivity contribution is 1.15. The van der Waals surface area contributed by atoms with Gasteiger partial charge in [-0.2, -0.15) is 0 Å². The molecule has 0 aromatic heterocycles. The molecule has 0 aromatic rings. The van der Waals surface area contributed by atoms with Gasteiger partial charge in [0.25, 0.3) is 0 Å². The summed E-state index contributed by atoms with van der Waals surface area (Å²) in [5.41, 5.74) is 2.09. The van der Waals surface area contributed by atoms with Gasteiger partial charge < -0.3 is 0 Å². The third-order valence-corrected chi connectivity index (χ3v) is 1.47. The SMILES string of the molecule is C=CC(/C=C(/C=C)CC)=NC. The minimum atomic E-state index is 0.904. The van der Waals surface area contributed by atoms with Gasteiger partial charge in [0.15, 0.2) is 0 Å². The second-order valence-electron chi connectivity index (χ2n) is 2.13. The summed E-state index contributed by atoms with van der Waals surface area (Å²) in [6.07, 6.45) is 6.55. The topological polar surface area (TPSA) is 12.4 Å². The van der Waals surface area contributed by atoms with Crippen LogP contribution in [0.2, 0.25) is 0 Å². The molecule has 0 atom stereocenters. The monoisotopic (exact) mass is 149 g/mol. The lowest BCUT2D eigenvalue weighted by Crippen LogP contribution is -1.88. The van der Waals surface area contributed by atoms with Crippen LogP contribution in [0.4, 0.5) is 0 Å². The Morgan fingerprint density at radius 1 is 1.36 bits per heavy atom. The average molecular weight is 149 g/mol. The minimum absolute atomic E-state index is 0.904. The fraction of sp³-hybridized carbons (Fsp3) is 0.300. The van der Waals surface area contributed by atoms with Crippen LogP contribution in [-0.2, 0) is 0 Å². The summed E-state index contributed by atoms with van der Waals surface area (Å²) in [6.45, 7) is 9.43. The first kappa shape index (κ1) is 9.89. The average Bonchev–Trinajstić information content (AvgIpc) is 2.07. The maximum atomic E-state index is 4.02. The molecule has 0 N–H and O–H groups in total. The van der Waals surface area contributed by atoms with E-state index in [1.165, 1.54) is 5.57 Å². The summed E-state index contributed by atoms with van der Waals surface area (Å²) < 4.78 is 0. The van der Waals surface area contributed by atoms with Gasteiger partial charge in [-0.05, 0) is 24.1 Å². The van der Waals surface area contributed by atoms with E-state index in [0.717, 1.165) is 12.1 Å². The molecule has 60 valence electrons. The van der Waals surface area contributed by atoms with Crippen LogP contribution in [0.15, 0.2) is 42.0 Å². The van der Waals surface area contributed by atoms with Crippen LogP contribution in [0.25, 0.3) is 0 Å². The van der Waals surface area contributed by atoms with Gasteiger partial charge >= 0.3 is 0 Å². The molecule has 0 fully saturated rings. The second-order valence-corrected chi connectivity index (χ2v) is 2.13. The highest BCUT2D eigenvalue weighted by molar-refractivity contribution is 6.04. The molecule has 0 aliphatic rings. The molecule has 0 bridgehead atoms. The Bertz CT molecular complexity index is 197. The summed E-state index contributed by atoms with van der Waals surface area (Å²) in [7, 11) is 1.75. The van der Waals surface area contributed by atoms with Crippen molar-refractivity contribution in [3.8, 4) is 0 Å². The van der Waals surface area contributed by atoms with E-state index in [1.807, 2.05) is 12.2 Å². The number of aliphatic imine (C=N–C) groups is 1. The number of allylic oxidation sites excluding steroid dienone is 4. The Kier molecular flexibility index (Phi) is 5.09. The highest BCUT2D eigenvalue weighted by Crippen LogP contribution is 2.01. The fourth-order valence-corrected chi connectivity index (χ4v) is 0.710. The van der Waals surface area contributed by atoms with Crippen LogP contribution in [0.1, 0.15) is 13.3 Å². The fourth-order valence-electron chi connectivity index (χ4n) is 0.710. The minimum Gasteiger partial charge on any atom is -0.289 e. The summed E-state index contributed by atoms with van der Waals surface area (Å²) >= 11 is 0. The molecule has 0 aromatic carbocycles. The van der Waals surface area contributed by atoms with Crippen LogP contribution in [0.5, 0.6) is 0 Å². The maximum Gasteiger partial charge on any atom is 0.0567 e. The number of hydrogen-bond donors (Lipinski definition) is 0. The van der Waals surface area contributed by atoms with E-state index in [4.69, 9.17) is 0 Å². The number of rotatable bonds is 4. The van der Waals surface area contributed by atoms with Crippen molar-refractivity contribution >= 4 is 5.71 Å². The molecular weight excluding hydrogens is 134 g/mol. The van der Waals surface area contributed by atoms with Gasteiger partial charge in [-0.3, -0.25) is 4.99 Å². The van der Waals surface area contributed by atoms with Crippen molar-refractivity contribution < 1.29 is 0 Å². The van der Waals surface area contributed by atoms with Crippen molar-refractivity contribution in [3.05, 3.63) is 37.0 Å². The third kappa shape index (κ3) is 3.56. The lowest BCUT2D eigenvalue weighted by atomic mass is 10.1. The van der Waals surface area contributed by atoms with Crippen LogP contribution in [0.3, 0.4) is 0 Å². The standard InChI is InChI=1S/C10H15N/c1-5-9(6-2)8-10(7-3)11-4/h5,7-8H,1,3,6H2,2,4H3/b9-8-,11-10?. The molecule has 0 spiro atoms. The van der Waals surface area contributed by atoms with Crippen LogP contribution >= 0.6 is 0 Å². The molecule has 0 heterocycles. The largest absolute Gasteiger partial charge is 0.289 e. The van der Waals surface area contributed by atoms with Crippen molar-refractivity contribution in [2.75, 3.05) is 7.05 Å². The molecule has 0 saturated carbocycles. The summed E-state index contributed by atoms with van der Waals surface area (Å²) in [4.78, 5) is 4.02. The molecule has 0 amide bonds. The normalized spacial score (nSPS) is 12.9. The van der Waals surface area contributed by atoms with Crippen LogP contribution in [-0.4, -0.2) is 12.8 Å². The van der Waals surface area contributed by atoms with E-state index >= 15 is 0 Å². The molecule has 0 aliphatic carbocycles. The zero-order valence-corrected chi connectivity index (χ0v) is 7.30. The molecule has 1 nitrogen and oxygen atoms in total. The van der Waals surface area contributed by atoms with Crippen molar-refractivity contribution in [2.45, 2.75) is 13.3 Å². The van der Waals surface area contributed by atoms with Crippen molar-refractivity contribution in [2.24, 2.45) is 4.99 Å². The quantitative estimate of drug-likeness (QED) is 0.430. The van der Waals surface area contributed by atoms with Gasteiger partial charge in [0.2, 0.25) is 0 Å². The van der Waals surface area contributed by atoms with Gasteiger partial charge in [0.1, 0.15) is 0 Å². The smallest absolute Gasteiger partial charge is 0.0567 e. The van der Waals surface area contributed by atoms with Gasteiger partial charge in [-0.1, -0.05) is 26.2 Å². The Morgan fingerprint density at radius 3 is 2.27 bits per heavy atom. The Labute approximate surface area is 68.9 Å². The van der Waals surface area contributed by atoms with Crippen LogP contribution in [0, 0.1) is 0 Å². The lowest BCUT2D eigenvalue weighted by Gasteiger charge is -1.95. The van der Waals surface area contributed by atoms with Gasteiger partial charge in [-0.25, -0.2) is 0 Å². The van der Waals surface area contributed by atoms with E-state index in [2.05, 4.69) is 25.1 Å². The molecular formula is C10H15N. The van der Waals surface area contributed by atoms with Crippen molar-refractivity contribution in [1.29, 1.82) is 0 Å². The highest BCUT2D eigenvalue weighted by Gasteiger charge is 1.88. The van der Waals surface area contributed by atoms with Crippen molar-refractivity contribution in [3.63, 3.8) is 0 Å². The highest BCUT2D eigenvalue weighted by atomic mass is 14.7. The van der Waals surface area contributed by atoms with E-state index < -0.39 is 0 Å². The predicted molar refractivity (Wildman–Crippen MR) is 52.1 cm³/mol. The van der Waals surface area contributed by atoms with Crippen LogP contribution < -0.4 is 0 Å². The molecule has 0 unspecified atom stereocenters. The number of nitrogens with zero attached hydrogens (tertiary/aromatic N) is 1. The summed E-state index contributed by atoms with van der Waals surface area (Å²) in [6, 6.07) is 0. The summed E-state index contributed by atoms with van der Waals surface area (Å²) in [5.74, 6) is 0.